The van der Waals surface area contributed by atoms with Crippen molar-refractivity contribution in [2.24, 2.45) is 0 Å². The first-order valence-electron chi connectivity index (χ1n) is 8.89. The Kier molecular flexibility index (Phi) is 7.21. The molecule has 138 valence electrons. The highest BCUT2D eigenvalue weighted by Crippen LogP contribution is 2.15. The first kappa shape index (κ1) is 19.5. The monoisotopic (exact) mass is 353 g/mol. The van der Waals surface area contributed by atoms with E-state index in [1.54, 1.807) is 23.9 Å². The third kappa shape index (κ3) is 5.62. The minimum absolute atomic E-state index is 0.0203. The van der Waals surface area contributed by atoms with Gasteiger partial charge < -0.3 is 15.1 Å². The Balaban J connectivity index is 1.93. The van der Waals surface area contributed by atoms with Crippen molar-refractivity contribution in [3.8, 4) is 0 Å². The van der Waals surface area contributed by atoms with Crippen LogP contribution in [-0.2, 0) is 16.0 Å². The molecule has 5 nitrogen and oxygen atoms in total. The van der Waals surface area contributed by atoms with Crippen molar-refractivity contribution in [2.45, 2.75) is 19.8 Å². The number of benzene rings is 2. The SMILES string of the molecule is CCN(C(=O)CNc1cccc(CCC(=O)N(C)C)c1)c1ccccc1. The number of amides is 2. The normalized spacial score (nSPS) is 10.3. The number of aryl methyl sites for hydroxylation is 1. The van der Waals surface area contributed by atoms with E-state index in [2.05, 4.69) is 5.32 Å². The molecule has 0 saturated carbocycles. The molecule has 0 heterocycles. The molecule has 1 N–H and O–H groups in total. The van der Waals surface area contributed by atoms with Gasteiger partial charge in [-0.15, -0.1) is 0 Å². The molecule has 0 fully saturated rings. The van der Waals surface area contributed by atoms with Crippen LogP contribution in [0.4, 0.5) is 11.4 Å². The second-order valence-electron chi connectivity index (χ2n) is 6.32. The number of likely N-dealkylation sites (N-methyl/N-ethyl adjacent to an activating group) is 1. The maximum absolute atomic E-state index is 12.5. The fourth-order valence-corrected chi connectivity index (χ4v) is 2.70. The highest BCUT2D eigenvalue weighted by Gasteiger charge is 2.13. The lowest BCUT2D eigenvalue weighted by Crippen LogP contribution is -2.35. The van der Waals surface area contributed by atoms with E-state index in [4.69, 9.17) is 0 Å². The molecular weight excluding hydrogens is 326 g/mol. The average molecular weight is 353 g/mol. The van der Waals surface area contributed by atoms with E-state index >= 15 is 0 Å². The minimum atomic E-state index is 0.0203. The van der Waals surface area contributed by atoms with Gasteiger partial charge in [-0.2, -0.15) is 0 Å². The summed E-state index contributed by atoms with van der Waals surface area (Å²) in [4.78, 5) is 27.6. The van der Waals surface area contributed by atoms with Crippen LogP contribution in [0.25, 0.3) is 0 Å². The summed E-state index contributed by atoms with van der Waals surface area (Å²) in [6.07, 6.45) is 1.17. The molecule has 0 spiro atoms. The Bertz CT molecular complexity index is 729. The molecule has 0 bridgehead atoms. The van der Waals surface area contributed by atoms with E-state index in [-0.39, 0.29) is 18.4 Å². The van der Waals surface area contributed by atoms with E-state index in [0.717, 1.165) is 16.9 Å². The summed E-state index contributed by atoms with van der Waals surface area (Å²) in [5, 5.41) is 3.19. The molecule has 2 rings (SSSR count). The number of anilines is 2. The van der Waals surface area contributed by atoms with Gasteiger partial charge >= 0.3 is 0 Å². The summed E-state index contributed by atoms with van der Waals surface area (Å²) in [5.74, 6) is 0.131. The standard InChI is InChI=1S/C21H27N3O2/c1-4-24(19-11-6-5-7-12-19)21(26)16-22-18-10-8-9-17(15-18)13-14-20(25)23(2)3/h5-12,15,22H,4,13-14,16H2,1-3H3. The Hall–Kier alpha value is -2.82. The molecule has 0 atom stereocenters. The van der Waals surface area contributed by atoms with Gasteiger partial charge in [0, 0.05) is 38.4 Å². The van der Waals surface area contributed by atoms with Crippen LogP contribution in [0.3, 0.4) is 0 Å². The van der Waals surface area contributed by atoms with Crippen LogP contribution in [0.2, 0.25) is 0 Å². The molecule has 0 saturated heterocycles. The number of nitrogens with one attached hydrogen (secondary N) is 1. The van der Waals surface area contributed by atoms with Gasteiger partial charge in [0.1, 0.15) is 0 Å². The van der Waals surface area contributed by atoms with Crippen molar-refractivity contribution in [1.82, 2.24) is 4.90 Å². The number of rotatable bonds is 8. The van der Waals surface area contributed by atoms with Crippen LogP contribution in [0, 0.1) is 0 Å². The largest absolute Gasteiger partial charge is 0.376 e. The molecule has 2 aromatic rings. The molecule has 0 aliphatic rings. The van der Waals surface area contributed by atoms with Crippen molar-refractivity contribution in [2.75, 3.05) is 37.4 Å². The number of nitrogens with zero attached hydrogens (tertiary/aromatic N) is 2. The molecule has 0 aliphatic heterocycles. The zero-order chi connectivity index (χ0) is 18.9. The number of carbonyl (C=O) groups is 2. The topological polar surface area (TPSA) is 52.7 Å². The molecular formula is C21H27N3O2. The second-order valence-corrected chi connectivity index (χ2v) is 6.32. The Morgan fingerprint density at radius 2 is 1.69 bits per heavy atom. The summed E-state index contributed by atoms with van der Waals surface area (Å²) in [6, 6.07) is 17.5. The zero-order valence-electron chi connectivity index (χ0n) is 15.7. The van der Waals surface area contributed by atoms with Gasteiger partial charge in [0.25, 0.3) is 0 Å². The lowest BCUT2D eigenvalue weighted by Gasteiger charge is -2.21. The minimum Gasteiger partial charge on any atom is -0.376 e. The van der Waals surface area contributed by atoms with E-state index < -0.39 is 0 Å². The zero-order valence-corrected chi connectivity index (χ0v) is 15.7. The molecule has 26 heavy (non-hydrogen) atoms. The third-order valence-electron chi connectivity index (χ3n) is 4.18. The maximum Gasteiger partial charge on any atom is 0.246 e. The van der Waals surface area contributed by atoms with Crippen LogP contribution in [0.5, 0.6) is 0 Å². The van der Waals surface area contributed by atoms with Crippen LogP contribution >= 0.6 is 0 Å². The van der Waals surface area contributed by atoms with Gasteiger partial charge in [0.05, 0.1) is 6.54 Å². The van der Waals surface area contributed by atoms with Crippen molar-refractivity contribution in [3.63, 3.8) is 0 Å². The van der Waals surface area contributed by atoms with Crippen LogP contribution < -0.4 is 10.2 Å². The summed E-state index contributed by atoms with van der Waals surface area (Å²) in [6.45, 7) is 2.81. The lowest BCUT2D eigenvalue weighted by molar-refractivity contribution is -0.128. The Labute approximate surface area is 155 Å². The number of para-hydroxylation sites is 1. The second kappa shape index (κ2) is 9.61. The summed E-state index contributed by atoms with van der Waals surface area (Å²) in [5.41, 5.74) is 2.86. The van der Waals surface area contributed by atoms with E-state index in [0.29, 0.717) is 19.4 Å². The van der Waals surface area contributed by atoms with Crippen LogP contribution in [-0.4, -0.2) is 43.9 Å². The van der Waals surface area contributed by atoms with Gasteiger partial charge in [-0.1, -0.05) is 30.3 Å². The van der Waals surface area contributed by atoms with Gasteiger partial charge in [-0.3, -0.25) is 9.59 Å². The smallest absolute Gasteiger partial charge is 0.246 e. The van der Waals surface area contributed by atoms with Crippen molar-refractivity contribution < 1.29 is 9.59 Å². The molecule has 0 aromatic heterocycles. The van der Waals surface area contributed by atoms with Gasteiger partial charge in [-0.05, 0) is 43.2 Å². The molecule has 2 amide bonds. The predicted molar refractivity (Wildman–Crippen MR) is 106 cm³/mol. The Morgan fingerprint density at radius 3 is 2.35 bits per heavy atom. The summed E-state index contributed by atoms with van der Waals surface area (Å²) >= 11 is 0. The Morgan fingerprint density at radius 1 is 0.962 bits per heavy atom. The predicted octanol–water partition coefficient (Wildman–Crippen LogP) is 3.17. The number of carbonyl (C=O) groups excluding carboxylic acids is 2. The molecule has 0 unspecified atom stereocenters. The van der Waals surface area contributed by atoms with E-state index in [1.165, 1.54) is 0 Å². The highest BCUT2D eigenvalue weighted by atomic mass is 16.2. The third-order valence-corrected chi connectivity index (χ3v) is 4.18. The molecule has 0 aliphatic carbocycles. The molecule has 0 radical (unpaired) electrons. The van der Waals surface area contributed by atoms with Crippen molar-refractivity contribution in [1.29, 1.82) is 0 Å². The summed E-state index contributed by atoms with van der Waals surface area (Å²) in [7, 11) is 3.52. The van der Waals surface area contributed by atoms with E-state index in [9.17, 15) is 9.59 Å². The number of hydrogen-bond acceptors (Lipinski definition) is 3. The molecule has 2 aromatic carbocycles. The van der Waals surface area contributed by atoms with Gasteiger partial charge in [-0.25, -0.2) is 0 Å². The fraction of sp³-hybridized carbons (Fsp3) is 0.333. The first-order chi connectivity index (χ1) is 12.5. The van der Waals surface area contributed by atoms with Crippen molar-refractivity contribution >= 4 is 23.2 Å². The van der Waals surface area contributed by atoms with Crippen LogP contribution in [0.15, 0.2) is 54.6 Å². The van der Waals surface area contributed by atoms with Crippen molar-refractivity contribution in [3.05, 3.63) is 60.2 Å². The van der Waals surface area contributed by atoms with Gasteiger partial charge in [0.15, 0.2) is 0 Å². The molecule has 5 heteroatoms. The number of hydrogen-bond donors (Lipinski definition) is 1. The first-order valence-corrected chi connectivity index (χ1v) is 8.89. The average Bonchev–Trinajstić information content (AvgIpc) is 2.66. The van der Waals surface area contributed by atoms with Crippen LogP contribution in [0.1, 0.15) is 18.9 Å². The van der Waals surface area contributed by atoms with E-state index in [1.807, 2.05) is 61.5 Å². The summed E-state index contributed by atoms with van der Waals surface area (Å²) < 4.78 is 0. The highest BCUT2D eigenvalue weighted by molar-refractivity contribution is 5.96. The van der Waals surface area contributed by atoms with Gasteiger partial charge in [0.2, 0.25) is 11.8 Å². The maximum atomic E-state index is 12.5. The fourth-order valence-electron chi connectivity index (χ4n) is 2.70. The lowest BCUT2D eigenvalue weighted by atomic mass is 10.1. The quantitative estimate of drug-likeness (QED) is 0.793.